The average Bonchev–Trinajstić information content (AvgIpc) is 2.84. The molecule has 0 aromatic carbocycles. The average molecular weight is 241 g/mol. The highest BCUT2D eigenvalue weighted by molar-refractivity contribution is 7.99. The predicted molar refractivity (Wildman–Crippen MR) is 70.8 cm³/mol. The molecular weight excluding hydrogens is 222 g/mol. The third kappa shape index (κ3) is 2.99. The molecule has 1 saturated carbocycles. The van der Waals surface area contributed by atoms with Crippen LogP contribution in [0.25, 0.3) is 0 Å². The molecule has 1 nitrogen and oxygen atoms in total. The van der Waals surface area contributed by atoms with Gasteiger partial charge in [0.2, 0.25) is 0 Å². The fourth-order valence-electron chi connectivity index (χ4n) is 2.16. The number of thiophene rings is 1. The number of hydrogen-bond acceptors (Lipinski definition) is 3. The molecule has 1 fully saturated rings. The van der Waals surface area contributed by atoms with Crippen LogP contribution >= 0.6 is 23.1 Å². The Labute approximate surface area is 101 Å². The lowest BCUT2D eigenvalue weighted by Crippen LogP contribution is -2.25. The van der Waals surface area contributed by atoms with Gasteiger partial charge in [0, 0.05) is 22.7 Å². The zero-order valence-corrected chi connectivity index (χ0v) is 11.1. The maximum absolute atomic E-state index is 3.69. The van der Waals surface area contributed by atoms with Gasteiger partial charge in [-0.15, -0.1) is 11.3 Å². The molecule has 0 spiro atoms. The first-order chi connectivity index (χ1) is 7.29. The van der Waals surface area contributed by atoms with Gasteiger partial charge in [-0.05, 0) is 49.5 Å². The molecule has 84 valence electrons. The summed E-state index contributed by atoms with van der Waals surface area (Å²) in [7, 11) is 0. The summed E-state index contributed by atoms with van der Waals surface area (Å²) in [4.78, 5) is 1.50. The topological polar surface area (TPSA) is 12.0 Å². The van der Waals surface area contributed by atoms with E-state index in [4.69, 9.17) is 0 Å². The first-order valence-electron chi connectivity index (χ1n) is 5.58. The van der Waals surface area contributed by atoms with Gasteiger partial charge in [-0.2, -0.15) is 11.8 Å². The minimum atomic E-state index is 0.754. The molecule has 0 bridgehead atoms. The SMILES string of the molecule is CSC1CCC(NCc2sccc2C)C1. The summed E-state index contributed by atoms with van der Waals surface area (Å²) >= 11 is 3.90. The van der Waals surface area contributed by atoms with Gasteiger partial charge in [0.1, 0.15) is 0 Å². The molecule has 1 heterocycles. The second-order valence-corrected chi connectivity index (χ2v) is 6.41. The summed E-state index contributed by atoms with van der Waals surface area (Å²) < 4.78 is 0. The van der Waals surface area contributed by atoms with Crippen molar-refractivity contribution < 1.29 is 0 Å². The van der Waals surface area contributed by atoms with Crippen LogP contribution in [0.1, 0.15) is 29.7 Å². The van der Waals surface area contributed by atoms with Crippen molar-refractivity contribution in [2.75, 3.05) is 6.26 Å². The highest BCUT2D eigenvalue weighted by atomic mass is 32.2. The largest absolute Gasteiger partial charge is 0.309 e. The standard InChI is InChI=1S/C12H19NS2/c1-9-5-6-15-12(9)8-13-10-3-4-11(7-10)14-2/h5-6,10-11,13H,3-4,7-8H2,1-2H3. The van der Waals surface area contributed by atoms with E-state index in [0.29, 0.717) is 0 Å². The number of rotatable bonds is 4. The van der Waals surface area contributed by atoms with E-state index < -0.39 is 0 Å². The first kappa shape index (κ1) is 11.5. The molecule has 1 aromatic rings. The monoisotopic (exact) mass is 241 g/mol. The van der Waals surface area contributed by atoms with Crippen molar-refractivity contribution in [3.63, 3.8) is 0 Å². The molecular formula is C12H19NS2. The Bertz CT molecular complexity index is 308. The Balaban J connectivity index is 1.77. The molecule has 2 rings (SSSR count). The Morgan fingerprint density at radius 3 is 3.00 bits per heavy atom. The highest BCUT2D eigenvalue weighted by Gasteiger charge is 2.23. The molecule has 1 aliphatic rings. The van der Waals surface area contributed by atoms with Gasteiger partial charge in [-0.25, -0.2) is 0 Å². The van der Waals surface area contributed by atoms with Crippen molar-refractivity contribution in [1.82, 2.24) is 5.32 Å². The number of hydrogen-bond donors (Lipinski definition) is 1. The maximum atomic E-state index is 3.69. The second-order valence-electron chi connectivity index (χ2n) is 4.28. The van der Waals surface area contributed by atoms with Crippen LogP contribution in [0.15, 0.2) is 11.4 Å². The lowest BCUT2D eigenvalue weighted by atomic mass is 10.2. The number of nitrogens with one attached hydrogen (secondary N) is 1. The van der Waals surface area contributed by atoms with Crippen LogP contribution in [-0.2, 0) is 6.54 Å². The molecule has 0 aliphatic heterocycles. The summed E-state index contributed by atoms with van der Waals surface area (Å²) in [6.45, 7) is 3.27. The van der Waals surface area contributed by atoms with Gasteiger partial charge < -0.3 is 5.32 Å². The summed E-state index contributed by atoms with van der Waals surface area (Å²) in [5.74, 6) is 0. The third-order valence-electron chi connectivity index (χ3n) is 3.24. The van der Waals surface area contributed by atoms with Gasteiger partial charge in [-0.1, -0.05) is 0 Å². The predicted octanol–water partition coefficient (Wildman–Crippen LogP) is 3.43. The van der Waals surface area contributed by atoms with E-state index in [-0.39, 0.29) is 0 Å². The summed E-state index contributed by atoms with van der Waals surface area (Å²) in [5, 5.41) is 6.77. The zero-order valence-electron chi connectivity index (χ0n) is 9.45. The Hall–Kier alpha value is 0.0100. The Morgan fingerprint density at radius 2 is 2.40 bits per heavy atom. The fourth-order valence-corrected chi connectivity index (χ4v) is 3.82. The Kier molecular flexibility index (Phi) is 4.12. The van der Waals surface area contributed by atoms with E-state index in [2.05, 4.69) is 29.9 Å². The van der Waals surface area contributed by atoms with Crippen LogP contribution < -0.4 is 5.32 Å². The normalized spacial score (nSPS) is 26.0. The molecule has 1 aliphatic carbocycles. The van der Waals surface area contributed by atoms with E-state index in [0.717, 1.165) is 17.8 Å². The zero-order chi connectivity index (χ0) is 10.7. The maximum Gasteiger partial charge on any atom is 0.0304 e. The molecule has 2 unspecified atom stereocenters. The van der Waals surface area contributed by atoms with Crippen LogP contribution in [-0.4, -0.2) is 17.5 Å². The first-order valence-corrected chi connectivity index (χ1v) is 7.75. The molecule has 0 saturated heterocycles. The molecule has 3 heteroatoms. The highest BCUT2D eigenvalue weighted by Crippen LogP contribution is 2.28. The van der Waals surface area contributed by atoms with Crippen LogP contribution in [0.2, 0.25) is 0 Å². The van der Waals surface area contributed by atoms with Gasteiger partial charge in [0.15, 0.2) is 0 Å². The van der Waals surface area contributed by atoms with Gasteiger partial charge in [0.05, 0.1) is 0 Å². The van der Waals surface area contributed by atoms with Gasteiger partial charge in [0.25, 0.3) is 0 Å². The number of aryl methyl sites for hydroxylation is 1. The molecule has 1 aromatic heterocycles. The van der Waals surface area contributed by atoms with Crippen LogP contribution in [0.3, 0.4) is 0 Å². The van der Waals surface area contributed by atoms with Crippen LogP contribution in [0.5, 0.6) is 0 Å². The minimum absolute atomic E-state index is 0.754. The minimum Gasteiger partial charge on any atom is -0.309 e. The van der Waals surface area contributed by atoms with Crippen LogP contribution in [0, 0.1) is 6.92 Å². The molecule has 15 heavy (non-hydrogen) atoms. The van der Waals surface area contributed by atoms with E-state index in [1.807, 2.05) is 23.1 Å². The fraction of sp³-hybridized carbons (Fsp3) is 0.667. The lowest BCUT2D eigenvalue weighted by Gasteiger charge is -2.12. The van der Waals surface area contributed by atoms with Crippen molar-refractivity contribution >= 4 is 23.1 Å². The quantitative estimate of drug-likeness (QED) is 0.867. The van der Waals surface area contributed by atoms with Crippen LogP contribution in [0.4, 0.5) is 0 Å². The molecule has 0 amide bonds. The summed E-state index contributed by atoms with van der Waals surface area (Å²) in [6.07, 6.45) is 6.33. The lowest BCUT2D eigenvalue weighted by molar-refractivity contribution is 0.527. The molecule has 2 atom stereocenters. The van der Waals surface area contributed by atoms with E-state index in [1.54, 1.807) is 0 Å². The summed E-state index contributed by atoms with van der Waals surface area (Å²) in [6, 6.07) is 2.96. The second kappa shape index (κ2) is 5.37. The van der Waals surface area contributed by atoms with E-state index >= 15 is 0 Å². The Morgan fingerprint density at radius 1 is 1.53 bits per heavy atom. The van der Waals surface area contributed by atoms with Gasteiger partial charge >= 0.3 is 0 Å². The van der Waals surface area contributed by atoms with Crippen molar-refractivity contribution in [1.29, 1.82) is 0 Å². The smallest absolute Gasteiger partial charge is 0.0304 e. The van der Waals surface area contributed by atoms with Crippen molar-refractivity contribution in [2.24, 2.45) is 0 Å². The van der Waals surface area contributed by atoms with Crippen molar-refractivity contribution in [3.8, 4) is 0 Å². The summed E-state index contributed by atoms with van der Waals surface area (Å²) in [5.41, 5.74) is 1.44. The van der Waals surface area contributed by atoms with Gasteiger partial charge in [-0.3, -0.25) is 0 Å². The third-order valence-corrected chi connectivity index (χ3v) is 5.36. The molecule has 0 radical (unpaired) electrons. The van der Waals surface area contributed by atoms with Crippen molar-refractivity contribution in [2.45, 2.75) is 44.0 Å². The van der Waals surface area contributed by atoms with E-state index in [9.17, 15) is 0 Å². The number of thioether (sulfide) groups is 1. The van der Waals surface area contributed by atoms with E-state index in [1.165, 1.54) is 29.7 Å². The van der Waals surface area contributed by atoms with Crippen molar-refractivity contribution in [3.05, 3.63) is 21.9 Å². The molecule has 1 N–H and O–H groups in total.